The van der Waals surface area contributed by atoms with Crippen LogP contribution in [-0.4, -0.2) is 27.6 Å². The first-order valence-corrected chi connectivity index (χ1v) is 7.66. The first-order valence-electron chi connectivity index (χ1n) is 5.85. The summed E-state index contributed by atoms with van der Waals surface area (Å²) in [5.74, 6) is 5.04. The van der Waals surface area contributed by atoms with E-state index in [1.807, 2.05) is 0 Å². The normalized spacial score (nSPS) is 11.6. The largest absolute Gasteiger partial charge is 0.573 e. The van der Waals surface area contributed by atoms with Crippen molar-refractivity contribution in [3.05, 3.63) is 29.8 Å². The highest BCUT2D eigenvalue weighted by Crippen LogP contribution is 2.22. The van der Waals surface area contributed by atoms with E-state index in [2.05, 4.69) is 20.8 Å². The molecule has 1 rings (SSSR count). The average molecular weight is 322 g/mol. The molecule has 0 aliphatic rings. The Labute approximate surface area is 121 Å². The summed E-state index contributed by atoms with van der Waals surface area (Å²) in [6.45, 7) is 0.0186. The molecule has 1 aromatic rings. The maximum absolute atomic E-state index is 12.0. The van der Waals surface area contributed by atoms with E-state index in [-0.39, 0.29) is 12.4 Å². The highest BCUT2D eigenvalue weighted by molar-refractivity contribution is 7.85. The molecule has 0 spiro atoms. The van der Waals surface area contributed by atoms with Crippen molar-refractivity contribution in [2.24, 2.45) is 0 Å². The first-order chi connectivity index (χ1) is 9.66. The Morgan fingerprint density at radius 2 is 2.00 bits per heavy atom. The molecule has 21 heavy (non-hydrogen) atoms. The van der Waals surface area contributed by atoms with Gasteiger partial charge in [-0.15, -0.1) is 13.2 Å². The highest BCUT2D eigenvalue weighted by atomic mass is 32.2. The van der Waals surface area contributed by atoms with Gasteiger partial charge in [-0.1, -0.05) is 17.9 Å². The molecular formula is C13H13F3O4S. The molecule has 0 atom stereocenters. The molecule has 0 saturated carbocycles. The van der Waals surface area contributed by atoms with Crippen molar-refractivity contribution in [3.63, 3.8) is 0 Å². The van der Waals surface area contributed by atoms with Gasteiger partial charge < -0.3 is 4.74 Å². The summed E-state index contributed by atoms with van der Waals surface area (Å²) in [6.07, 6.45) is -3.03. The predicted molar refractivity (Wildman–Crippen MR) is 70.0 cm³/mol. The zero-order chi connectivity index (χ0) is 15.9. The molecule has 0 radical (unpaired) electrons. The fourth-order valence-electron chi connectivity index (χ4n) is 1.31. The van der Waals surface area contributed by atoms with Gasteiger partial charge >= 0.3 is 6.36 Å². The molecule has 0 N–H and O–H groups in total. The zero-order valence-corrected chi connectivity index (χ0v) is 11.9. The number of halogens is 3. The molecular weight excluding hydrogens is 309 g/mol. The third-order valence-corrected chi connectivity index (χ3v) is 2.64. The summed E-state index contributed by atoms with van der Waals surface area (Å²) in [5.41, 5.74) is 0.376. The number of alkyl halides is 3. The van der Waals surface area contributed by atoms with Crippen LogP contribution in [-0.2, 0) is 14.3 Å². The lowest BCUT2D eigenvalue weighted by Gasteiger charge is -2.08. The Kier molecular flexibility index (Phi) is 6.05. The fourth-order valence-corrected chi connectivity index (χ4v) is 1.73. The molecule has 0 aliphatic carbocycles. The molecule has 1 aromatic carbocycles. The van der Waals surface area contributed by atoms with Gasteiger partial charge in [-0.3, -0.25) is 4.18 Å². The minimum Gasteiger partial charge on any atom is -0.406 e. The van der Waals surface area contributed by atoms with E-state index in [4.69, 9.17) is 0 Å². The Morgan fingerprint density at radius 1 is 1.29 bits per heavy atom. The van der Waals surface area contributed by atoms with E-state index >= 15 is 0 Å². The van der Waals surface area contributed by atoms with E-state index < -0.39 is 16.5 Å². The van der Waals surface area contributed by atoms with Crippen LogP contribution in [0.5, 0.6) is 5.75 Å². The van der Waals surface area contributed by atoms with Gasteiger partial charge in [-0.2, -0.15) is 8.42 Å². The quantitative estimate of drug-likeness (QED) is 0.475. The van der Waals surface area contributed by atoms with Crippen molar-refractivity contribution in [1.29, 1.82) is 0 Å². The zero-order valence-electron chi connectivity index (χ0n) is 11.1. The SMILES string of the molecule is CS(=O)(=O)OCCCC#Cc1cccc(OC(F)(F)F)c1. The topological polar surface area (TPSA) is 52.6 Å². The molecule has 0 aliphatic heterocycles. The second-order valence-electron chi connectivity index (χ2n) is 4.01. The third kappa shape index (κ3) is 8.94. The molecule has 0 fully saturated rings. The van der Waals surface area contributed by atoms with Crippen molar-refractivity contribution in [3.8, 4) is 17.6 Å². The van der Waals surface area contributed by atoms with Gasteiger partial charge in [-0.05, 0) is 24.6 Å². The number of hydrogen-bond donors (Lipinski definition) is 0. The van der Waals surface area contributed by atoms with E-state index in [1.54, 1.807) is 6.07 Å². The summed E-state index contributed by atoms with van der Waals surface area (Å²) in [6, 6.07) is 5.30. The van der Waals surface area contributed by atoms with Crippen LogP contribution in [0.25, 0.3) is 0 Å². The Balaban J connectivity index is 2.49. The Morgan fingerprint density at radius 3 is 2.62 bits per heavy atom. The van der Waals surface area contributed by atoms with E-state index in [0.29, 0.717) is 18.4 Å². The summed E-state index contributed by atoms with van der Waals surface area (Å²) < 4.78 is 65.7. The summed E-state index contributed by atoms with van der Waals surface area (Å²) >= 11 is 0. The number of rotatable bonds is 5. The predicted octanol–water partition coefficient (Wildman–Crippen LogP) is 2.69. The standard InChI is InChI=1S/C13H13F3O4S/c1-21(17,18)19-9-4-2-3-6-11-7-5-8-12(10-11)20-13(14,15)16/h5,7-8,10H,2,4,9H2,1H3. The van der Waals surface area contributed by atoms with Gasteiger partial charge in [0.15, 0.2) is 0 Å². The molecule has 0 bridgehead atoms. The van der Waals surface area contributed by atoms with Gasteiger partial charge in [0.1, 0.15) is 5.75 Å². The minimum absolute atomic E-state index is 0.0186. The lowest BCUT2D eigenvalue weighted by atomic mass is 10.2. The molecule has 0 heterocycles. The van der Waals surface area contributed by atoms with E-state index in [0.717, 1.165) is 6.26 Å². The van der Waals surface area contributed by atoms with Crippen LogP contribution in [0, 0.1) is 11.8 Å². The maximum atomic E-state index is 12.0. The molecule has 0 unspecified atom stereocenters. The Hall–Kier alpha value is -1.72. The molecule has 0 saturated heterocycles. The van der Waals surface area contributed by atoms with Crippen LogP contribution in [0.2, 0.25) is 0 Å². The van der Waals surface area contributed by atoms with Crippen LogP contribution in [0.1, 0.15) is 18.4 Å². The van der Waals surface area contributed by atoms with Crippen molar-refractivity contribution >= 4 is 10.1 Å². The lowest BCUT2D eigenvalue weighted by Crippen LogP contribution is -2.17. The first kappa shape index (κ1) is 17.3. The van der Waals surface area contributed by atoms with Gasteiger partial charge in [-0.25, -0.2) is 0 Å². The van der Waals surface area contributed by atoms with Gasteiger partial charge in [0.05, 0.1) is 12.9 Å². The molecule has 0 aromatic heterocycles. The Bertz CT molecular complexity index is 627. The summed E-state index contributed by atoms with van der Waals surface area (Å²) in [5, 5.41) is 0. The summed E-state index contributed by atoms with van der Waals surface area (Å²) in [4.78, 5) is 0. The van der Waals surface area contributed by atoms with Crippen molar-refractivity contribution in [1.82, 2.24) is 0 Å². The summed E-state index contributed by atoms with van der Waals surface area (Å²) in [7, 11) is -3.46. The average Bonchev–Trinajstić information content (AvgIpc) is 2.30. The van der Waals surface area contributed by atoms with Crippen molar-refractivity contribution in [2.75, 3.05) is 12.9 Å². The van der Waals surface area contributed by atoms with E-state index in [9.17, 15) is 21.6 Å². The minimum atomic E-state index is -4.74. The van der Waals surface area contributed by atoms with Crippen LogP contribution >= 0.6 is 0 Å². The number of unbranched alkanes of at least 4 members (excludes halogenated alkanes) is 1. The van der Waals surface area contributed by atoms with Crippen molar-refractivity contribution in [2.45, 2.75) is 19.2 Å². The second kappa shape index (κ2) is 7.33. The number of benzene rings is 1. The maximum Gasteiger partial charge on any atom is 0.573 e. The van der Waals surface area contributed by atoms with Gasteiger partial charge in [0.25, 0.3) is 10.1 Å². The highest BCUT2D eigenvalue weighted by Gasteiger charge is 2.30. The monoisotopic (exact) mass is 322 g/mol. The van der Waals surface area contributed by atoms with Crippen LogP contribution in [0.3, 0.4) is 0 Å². The fraction of sp³-hybridized carbons (Fsp3) is 0.385. The third-order valence-electron chi connectivity index (χ3n) is 2.04. The number of hydrogen-bond acceptors (Lipinski definition) is 4. The van der Waals surface area contributed by atoms with Crippen molar-refractivity contribution < 1.29 is 30.5 Å². The van der Waals surface area contributed by atoms with E-state index in [1.165, 1.54) is 18.2 Å². The van der Waals surface area contributed by atoms with Crippen LogP contribution in [0.4, 0.5) is 13.2 Å². The van der Waals surface area contributed by atoms with Crippen LogP contribution < -0.4 is 4.74 Å². The molecule has 0 amide bonds. The lowest BCUT2D eigenvalue weighted by molar-refractivity contribution is -0.274. The second-order valence-corrected chi connectivity index (χ2v) is 5.65. The number of ether oxygens (including phenoxy) is 1. The van der Waals surface area contributed by atoms with Gasteiger partial charge in [0.2, 0.25) is 0 Å². The molecule has 4 nitrogen and oxygen atoms in total. The molecule has 116 valence electrons. The molecule has 8 heteroatoms. The van der Waals surface area contributed by atoms with Gasteiger partial charge in [0, 0.05) is 12.0 Å². The van der Waals surface area contributed by atoms with Crippen LogP contribution in [0.15, 0.2) is 24.3 Å². The smallest absolute Gasteiger partial charge is 0.406 e.